The number of hydrogen-bond donors (Lipinski definition) is 1. The van der Waals surface area contributed by atoms with E-state index in [-0.39, 0.29) is 6.04 Å². The van der Waals surface area contributed by atoms with Gasteiger partial charge < -0.3 is 4.74 Å². The molecule has 1 unspecified atom stereocenters. The van der Waals surface area contributed by atoms with Crippen LogP contribution in [0.2, 0.25) is 0 Å². The maximum Gasteiger partial charge on any atom is 0.241 e. The molecule has 4 nitrogen and oxygen atoms in total. The van der Waals surface area contributed by atoms with Crippen LogP contribution in [-0.4, -0.2) is 21.1 Å². The van der Waals surface area contributed by atoms with E-state index in [1.54, 1.807) is 0 Å². The lowest BCUT2D eigenvalue weighted by atomic mass is 10.0. The molecule has 1 heterocycles. The Bertz CT molecular complexity index is 880. The third-order valence-corrected chi connectivity index (χ3v) is 6.42. The largest absolute Gasteiger partial charge is 0.493 e. The molecule has 3 rings (SSSR count). The van der Waals surface area contributed by atoms with Gasteiger partial charge in [0, 0.05) is 12.5 Å². The Morgan fingerprint density at radius 1 is 1.12 bits per heavy atom. The highest BCUT2D eigenvalue weighted by Crippen LogP contribution is 2.27. The average molecular weight is 359 g/mol. The third-order valence-electron chi connectivity index (χ3n) is 4.53. The van der Waals surface area contributed by atoms with Gasteiger partial charge in [-0.1, -0.05) is 29.8 Å². The lowest BCUT2D eigenvalue weighted by Crippen LogP contribution is -2.35. The van der Waals surface area contributed by atoms with Crippen molar-refractivity contribution in [3.05, 3.63) is 58.1 Å². The summed E-state index contributed by atoms with van der Waals surface area (Å²) in [4.78, 5) is 0.396. The Morgan fingerprint density at radius 2 is 1.80 bits per heavy atom. The fraction of sp³-hybridized carbons (Fsp3) is 0.400. The number of fused-ring (bicyclic) bond motifs is 1. The molecule has 1 aliphatic rings. The molecule has 1 N–H and O–H groups in total. The van der Waals surface area contributed by atoms with Crippen LogP contribution in [0, 0.1) is 20.8 Å². The summed E-state index contributed by atoms with van der Waals surface area (Å²) in [6.07, 6.45) is 1.57. The predicted octanol–water partition coefficient (Wildman–Crippen LogP) is 3.46. The lowest BCUT2D eigenvalue weighted by Gasteiger charge is -2.18. The van der Waals surface area contributed by atoms with Crippen molar-refractivity contribution in [2.75, 3.05) is 6.61 Å². The Balaban J connectivity index is 1.77. The fourth-order valence-electron chi connectivity index (χ4n) is 3.68. The quantitative estimate of drug-likeness (QED) is 0.889. The molecule has 0 aromatic heterocycles. The summed E-state index contributed by atoms with van der Waals surface area (Å²) in [6, 6.07) is 9.74. The molecule has 0 fully saturated rings. The molecular formula is C20H25NO3S. The van der Waals surface area contributed by atoms with Crippen LogP contribution >= 0.6 is 0 Å². The van der Waals surface area contributed by atoms with Crippen LogP contribution in [-0.2, 0) is 22.9 Å². The second-order valence-corrected chi connectivity index (χ2v) is 8.65. The summed E-state index contributed by atoms with van der Waals surface area (Å²) >= 11 is 0. The van der Waals surface area contributed by atoms with E-state index < -0.39 is 10.0 Å². The molecular weight excluding hydrogens is 334 g/mol. The van der Waals surface area contributed by atoms with Crippen molar-refractivity contribution >= 4 is 10.0 Å². The highest BCUT2D eigenvalue weighted by Gasteiger charge is 2.22. The van der Waals surface area contributed by atoms with Gasteiger partial charge in [0.25, 0.3) is 0 Å². The smallest absolute Gasteiger partial charge is 0.241 e. The number of aryl methyl sites for hydroxylation is 3. The second kappa shape index (κ2) is 6.81. The maximum absolute atomic E-state index is 12.8. The fourth-order valence-corrected chi connectivity index (χ4v) is 5.37. The molecule has 2 aromatic rings. The maximum atomic E-state index is 12.8. The second-order valence-electron chi connectivity index (χ2n) is 6.99. The molecule has 134 valence electrons. The van der Waals surface area contributed by atoms with E-state index in [0.29, 0.717) is 11.3 Å². The SMILES string of the molecule is Cc1cc(C)c(S(=O)(=O)NC(C)Cc2ccc3c(c2)CCO3)c(C)c1. The Hall–Kier alpha value is -1.85. The summed E-state index contributed by atoms with van der Waals surface area (Å²) in [5.74, 6) is 0.947. The van der Waals surface area contributed by atoms with Crippen molar-refractivity contribution in [1.82, 2.24) is 4.72 Å². The first kappa shape index (κ1) is 18.0. The highest BCUT2D eigenvalue weighted by atomic mass is 32.2. The van der Waals surface area contributed by atoms with E-state index in [1.807, 2.05) is 52.0 Å². The first-order valence-corrected chi connectivity index (χ1v) is 10.1. The van der Waals surface area contributed by atoms with Crippen LogP contribution in [0.5, 0.6) is 5.75 Å². The van der Waals surface area contributed by atoms with Gasteiger partial charge in [-0.05, 0) is 62.4 Å². The van der Waals surface area contributed by atoms with Gasteiger partial charge in [0.15, 0.2) is 0 Å². The Kier molecular flexibility index (Phi) is 4.89. The molecule has 0 aliphatic carbocycles. The normalized spacial score (nSPS) is 14.9. The van der Waals surface area contributed by atoms with Crippen LogP contribution in [0.4, 0.5) is 0 Å². The minimum absolute atomic E-state index is 0.189. The van der Waals surface area contributed by atoms with E-state index in [0.717, 1.165) is 41.0 Å². The molecule has 1 aliphatic heterocycles. The predicted molar refractivity (Wildman–Crippen MR) is 99.8 cm³/mol. The number of benzene rings is 2. The summed E-state index contributed by atoms with van der Waals surface area (Å²) in [5.41, 5.74) is 4.97. The molecule has 0 spiro atoms. The van der Waals surface area contributed by atoms with Gasteiger partial charge in [-0.3, -0.25) is 0 Å². The topological polar surface area (TPSA) is 55.4 Å². The molecule has 0 amide bonds. The standard InChI is InChI=1S/C20H25NO3S/c1-13-9-14(2)20(15(3)10-13)25(22,23)21-16(4)11-17-5-6-19-18(12-17)7-8-24-19/h5-6,9-10,12,16,21H,7-8,11H2,1-4H3. The third kappa shape index (κ3) is 3.88. The molecule has 2 aromatic carbocycles. The Labute approximate surface area is 150 Å². The summed E-state index contributed by atoms with van der Waals surface area (Å²) in [6.45, 7) is 8.30. The zero-order valence-electron chi connectivity index (χ0n) is 15.2. The van der Waals surface area contributed by atoms with Crippen LogP contribution in [0.3, 0.4) is 0 Å². The minimum Gasteiger partial charge on any atom is -0.493 e. The molecule has 5 heteroatoms. The number of nitrogens with one attached hydrogen (secondary N) is 1. The van der Waals surface area contributed by atoms with Crippen LogP contribution < -0.4 is 9.46 Å². The van der Waals surface area contributed by atoms with Gasteiger partial charge >= 0.3 is 0 Å². The van der Waals surface area contributed by atoms with Gasteiger partial charge in [-0.25, -0.2) is 13.1 Å². The van der Waals surface area contributed by atoms with Crippen molar-refractivity contribution in [2.24, 2.45) is 0 Å². The molecule has 0 radical (unpaired) electrons. The van der Waals surface area contributed by atoms with Gasteiger partial charge in [0.1, 0.15) is 5.75 Å². The van der Waals surface area contributed by atoms with E-state index in [1.165, 1.54) is 5.56 Å². The van der Waals surface area contributed by atoms with Crippen molar-refractivity contribution < 1.29 is 13.2 Å². The summed E-state index contributed by atoms with van der Waals surface area (Å²) in [7, 11) is -3.54. The van der Waals surface area contributed by atoms with Crippen LogP contribution in [0.15, 0.2) is 35.2 Å². The van der Waals surface area contributed by atoms with Crippen LogP contribution in [0.1, 0.15) is 34.7 Å². The average Bonchev–Trinajstić information content (AvgIpc) is 2.92. The van der Waals surface area contributed by atoms with Crippen molar-refractivity contribution in [2.45, 2.75) is 51.5 Å². The van der Waals surface area contributed by atoms with Gasteiger partial charge in [0.05, 0.1) is 11.5 Å². The zero-order chi connectivity index (χ0) is 18.2. The molecule has 25 heavy (non-hydrogen) atoms. The molecule has 0 saturated heterocycles. The molecule has 1 atom stereocenters. The van der Waals surface area contributed by atoms with E-state index in [9.17, 15) is 8.42 Å². The number of hydrogen-bond acceptors (Lipinski definition) is 3. The van der Waals surface area contributed by atoms with E-state index >= 15 is 0 Å². The van der Waals surface area contributed by atoms with Crippen molar-refractivity contribution in [3.63, 3.8) is 0 Å². The number of rotatable bonds is 5. The monoisotopic (exact) mass is 359 g/mol. The molecule has 0 bridgehead atoms. The number of ether oxygens (including phenoxy) is 1. The Morgan fingerprint density at radius 3 is 2.48 bits per heavy atom. The zero-order valence-corrected chi connectivity index (χ0v) is 16.0. The minimum atomic E-state index is -3.54. The highest BCUT2D eigenvalue weighted by molar-refractivity contribution is 7.89. The lowest BCUT2D eigenvalue weighted by molar-refractivity contribution is 0.357. The number of sulfonamides is 1. The van der Waals surface area contributed by atoms with Gasteiger partial charge in [0.2, 0.25) is 10.0 Å². The van der Waals surface area contributed by atoms with Crippen molar-refractivity contribution in [1.29, 1.82) is 0 Å². The van der Waals surface area contributed by atoms with Crippen LogP contribution in [0.25, 0.3) is 0 Å². The van der Waals surface area contributed by atoms with E-state index in [4.69, 9.17) is 4.74 Å². The van der Waals surface area contributed by atoms with Gasteiger partial charge in [-0.2, -0.15) is 0 Å². The van der Waals surface area contributed by atoms with E-state index in [2.05, 4.69) is 10.8 Å². The first-order chi connectivity index (χ1) is 11.8. The summed E-state index contributed by atoms with van der Waals surface area (Å²) < 4.78 is 34.0. The van der Waals surface area contributed by atoms with Gasteiger partial charge in [-0.15, -0.1) is 0 Å². The van der Waals surface area contributed by atoms with Crippen molar-refractivity contribution in [3.8, 4) is 5.75 Å². The summed E-state index contributed by atoms with van der Waals surface area (Å²) in [5, 5.41) is 0. The molecule has 0 saturated carbocycles. The first-order valence-electron chi connectivity index (χ1n) is 8.61.